The summed E-state index contributed by atoms with van der Waals surface area (Å²) in [6.07, 6.45) is 0.599. The predicted molar refractivity (Wildman–Crippen MR) is 69.2 cm³/mol. The number of nitrogens with zero attached hydrogens (tertiary/aromatic N) is 3. The van der Waals surface area contributed by atoms with E-state index in [1.807, 2.05) is 37.3 Å². The number of aromatic carboxylic acids is 1. The molecule has 0 unspecified atom stereocenters. The van der Waals surface area contributed by atoms with Gasteiger partial charge in [-0.15, -0.1) is 17.5 Å². The van der Waals surface area contributed by atoms with E-state index < -0.39 is 5.97 Å². The Bertz CT molecular complexity index is 525. The van der Waals surface area contributed by atoms with Crippen molar-refractivity contribution in [2.24, 2.45) is 0 Å². The van der Waals surface area contributed by atoms with Gasteiger partial charge in [0.2, 0.25) is 0 Å². The number of carbonyl (C=O) groups is 1. The van der Waals surface area contributed by atoms with Gasteiger partial charge in [0.05, 0.1) is 12.2 Å². The zero-order chi connectivity index (χ0) is 12.3. The van der Waals surface area contributed by atoms with Gasteiger partial charge in [-0.1, -0.05) is 42.5 Å². The zero-order valence-corrected chi connectivity index (χ0v) is 10.7. The predicted octanol–water partition coefficient (Wildman–Crippen LogP) is 2.01. The van der Waals surface area contributed by atoms with Crippen LogP contribution in [0, 0.1) is 0 Å². The Labute approximate surface area is 111 Å². The summed E-state index contributed by atoms with van der Waals surface area (Å²) < 4.78 is 1.64. The second-order valence-electron chi connectivity index (χ2n) is 3.69. The van der Waals surface area contributed by atoms with Crippen LogP contribution in [0.2, 0.25) is 0 Å². The topological polar surface area (TPSA) is 68.0 Å². The minimum atomic E-state index is -1.03. The molecular formula is C12H14ClN3O2. The number of benzene rings is 1. The normalized spacial score (nSPS) is 9.83. The van der Waals surface area contributed by atoms with Crippen molar-refractivity contribution in [3.63, 3.8) is 0 Å². The lowest BCUT2D eigenvalue weighted by molar-refractivity contribution is 0.0689. The monoisotopic (exact) mass is 267 g/mol. The van der Waals surface area contributed by atoms with Gasteiger partial charge in [-0.3, -0.25) is 0 Å². The first-order chi connectivity index (χ1) is 8.22. The summed E-state index contributed by atoms with van der Waals surface area (Å²) in [6, 6.07) is 9.77. The Kier molecular flexibility index (Phi) is 4.85. The van der Waals surface area contributed by atoms with E-state index in [2.05, 4.69) is 10.3 Å². The molecule has 1 aromatic carbocycles. The zero-order valence-electron chi connectivity index (χ0n) is 9.91. The standard InChI is InChI=1S/C12H13N3O2.ClH/c1-2-10-11(12(16)17)13-14-15(10)8-9-6-4-3-5-7-9;/h3-7H,2,8H2,1H3,(H,16,17);1H. The minimum absolute atomic E-state index is 0. The Morgan fingerprint density at radius 2 is 2.00 bits per heavy atom. The molecule has 0 spiro atoms. The van der Waals surface area contributed by atoms with Gasteiger partial charge in [-0.2, -0.15) is 0 Å². The number of hydrogen-bond donors (Lipinski definition) is 1. The number of carboxylic acid groups (broad SMARTS) is 1. The molecule has 1 aromatic heterocycles. The van der Waals surface area contributed by atoms with Crippen molar-refractivity contribution >= 4 is 18.4 Å². The van der Waals surface area contributed by atoms with Crippen LogP contribution in [0.1, 0.15) is 28.7 Å². The lowest BCUT2D eigenvalue weighted by Gasteiger charge is -2.04. The third-order valence-electron chi connectivity index (χ3n) is 2.55. The lowest BCUT2D eigenvalue weighted by atomic mass is 10.2. The van der Waals surface area contributed by atoms with Crippen molar-refractivity contribution in [2.45, 2.75) is 19.9 Å². The molecule has 0 aliphatic rings. The number of aromatic nitrogens is 3. The van der Waals surface area contributed by atoms with Crippen LogP contribution in [-0.2, 0) is 13.0 Å². The Balaban J connectivity index is 0.00000162. The molecular weight excluding hydrogens is 254 g/mol. The molecule has 18 heavy (non-hydrogen) atoms. The molecule has 1 N–H and O–H groups in total. The second kappa shape index (κ2) is 6.16. The first kappa shape index (κ1) is 14.2. The smallest absolute Gasteiger partial charge is 0.358 e. The Morgan fingerprint density at radius 1 is 1.33 bits per heavy atom. The minimum Gasteiger partial charge on any atom is -0.476 e. The van der Waals surface area contributed by atoms with Crippen LogP contribution in [0.15, 0.2) is 30.3 Å². The number of hydrogen-bond acceptors (Lipinski definition) is 3. The third-order valence-corrected chi connectivity index (χ3v) is 2.55. The van der Waals surface area contributed by atoms with Crippen molar-refractivity contribution in [3.05, 3.63) is 47.3 Å². The molecule has 0 aliphatic heterocycles. The molecule has 1 heterocycles. The van der Waals surface area contributed by atoms with Crippen LogP contribution in [-0.4, -0.2) is 26.1 Å². The molecule has 0 atom stereocenters. The van der Waals surface area contributed by atoms with Gasteiger partial charge in [0.15, 0.2) is 5.69 Å². The average Bonchev–Trinajstić information content (AvgIpc) is 2.73. The van der Waals surface area contributed by atoms with Gasteiger partial charge in [-0.05, 0) is 12.0 Å². The van der Waals surface area contributed by atoms with E-state index in [-0.39, 0.29) is 18.1 Å². The van der Waals surface area contributed by atoms with Crippen molar-refractivity contribution in [3.8, 4) is 0 Å². The van der Waals surface area contributed by atoms with Crippen LogP contribution in [0.25, 0.3) is 0 Å². The average molecular weight is 268 g/mol. The molecule has 0 fully saturated rings. The van der Waals surface area contributed by atoms with E-state index in [1.165, 1.54) is 0 Å². The Morgan fingerprint density at radius 3 is 2.56 bits per heavy atom. The fraction of sp³-hybridized carbons (Fsp3) is 0.250. The van der Waals surface area contributed by atoms with E-state index in [0.717, 1.165) is 5.56 Å². The van der Waals surface area contributed by atoms with Crippen LogP contribution in [0.4, 0.5) is 0 Å². The van der Waals surface area contributed by atoms with Crippen molar-refractivity contribution in [1.82, 2.24) is 15.0 Å². The maximum absolute atomic E-state index is 10.9. The van der Waals surface area contributed by atoms with Crippen LogP contribution in [0.3, 0.4) is 0 Å². The first-order valence-corrected chi connectivity index (χ1v) is 5.42. The summed E-state index contributed by atoms with van der Waals surface area (Å²) >= 11 is 0. The molecule has 2 rings (SSSR count). The summed E-state index contributed by atoms with van der Waals surface area (Å²) in [6.45, 7) is 2.44. The van der Waals surface area contributed by atoms with Gasteiger partial charge in [0, 0.05) is 0 Å². The molecule has 96 valence electrons. The third kappa shape index (κ3) is 2.87. The van der Waals surface area contributed by atoms with Crippen LogP contribution >= 0.6 is 12.4 Å². The number of rotatable bonds is 4. The maximum atomic E-state index is 10.9. The SMILES string of the molecule is CCc1c(C(=O)O)nnn1Cc1ccccc1.Cl. The van der Waals surface area contributed by atoms with E-state index in [1.54, 1.807) is 4.68 Å². The second-order valence-corrected chi connectivity index (χ2v) is 3.69. The highest BCUT2D eigenvalue weighted by Gasteiger charge is 2.17. The molecule has 2 aromatic rings. The van der Waals surface area contributed by atoms with Gasteiger partial charge in [0.1, 0.15) is 0 Å². The molecule has 6 heteroatoms. The van der Waals surface area contributed by atoms with Crippen molar-refractivity contribution in [2.75, 3.05) is 0 Å². The summed E-state index contributed by atoms with van der Waals surface area (Å²) in [5.41, 5.74) is 1.77. The van der Waals surface area contributed by atoms with E-state index in [9.17, 15) is 4.79 Å². The van der Waals surface area contributed by atoms with Gasteiger partial charge in [0.25, 0.3) is 0 Å². The van der Waals surface area contributed by atoms with Gasteiger partial charge in [-0.25, -0.2) is 9.48 Å². The van der Waals surface area contributed by atoms with Crippen molar-refractivity contribution in [1.29, 1.82) is 0 Å². The lowest BCUT2D eigenvalue weighted by Crippen LogP contribution is -2.08. The van der Waals surface area contributed by atoms with Crippen molar-refractivity contribution < 1.29 is 9.90 Å². The molecule has 0 saturated carbocycles. The first-order valence-electron chi connectivity index (χ1n) is 5.42. The maximum Gasteiger partial charge on any atom is 0.358 e. The molecule has 5 nitrogen and oxygen atoms in total. The van der Waals surface area contributed by atoms with Crippen LogP contribution in [0.5, 0.6) is 0 Å². The molecule has 0 aliphatic carbocycles. The van der Waals surface area contributed by atoms with Gasteiger partial charge < -0.3 is 5.11 Å². The summed E-state index contributed by atoms with van der Waals surface area (Å²) in [5.74, 6) is -1.03. The fourth-order valence-corrected chi connectivity index (χ4v) is 1.73. The fourth-order valence-electron chi connectivity index (χ4n) is 1.73. The highest BCUT2D eigenvalue weighted by atomic mass is 35.5. The molecule has 0 radical (unpaired) electrons. The summed E-state index contributed by atoms with van der Waals surface area (Å²) in [4.78, 5) is 10.9. The largest absolute Gasteiger partial charge is 0.476 e. The highest BCUT2D eigenvalue weighted by molar-refractivity contribution is 5.86. The summed E-state index contributed by atoms with van der Waals surface area (Å²) in [7, 11) is 0. The molecule has 0 bridgehead atoms. The number of carboxylic acids is 1. The number of halogens is 1. The Hall–Kier alpha value is -1.88. The highest BCUT2D eigenvalue weighted by Crippen LogP contribution is 2.09. The van der Waals surface area contributed by atoms with E-state index in [0.29, 0.717) is 18.7 Å². The quantitative estimate of drug-likeness (QED) is 0.920. The summed E-state index contributed by atoms with van der Waals surface area (Å²) in [5, 5.41) is 16.5. The van der Waals surface area contributed by atoms with Crippen LogP contribution < -0.4 is 0 Å². The molecule has 0 amide bonds. The van der Waals surface area contributed by atoms with Gasteiger partial charge >= 0.3 is 5.97 Å². The van der Waals surface area contributed by atoms with E-state index >= 15 is 0 Å². The molecule has 0 saturated heterocycles. The van der Waals surface area contributed by atoms with E-state index in [4.69, 9.17) is 5.11 Å².